The number of benzene rings is 5. The molecule has 7 aromatic rings. The van der Waals surface area contributed by atoms with Gasteiger partial charge in [0.2, 0.25) is 0 Å². The minimum Gasteiger partial charge on any atom is -0.277 e. The van der Waals surface area contributed by atoms with E-state index in [0.29, 0.717) is 10.8 Å². The van der Waals surface area contributed by atoms with Gasteiger partial charge in [-0.2, -0.15) is 0 Å². The van der Waals surface area contributed by atoms with Gasteiger partial charge in [-0.1, -0.05) is 72.8 Å². The summed E-state index contributed by atoms with van der Waals surface area (Å²) in [6.45, 7) is -0.0836. The molecule has 0 atom stereocenters. The van der Waals surface area contributed by atoms with Crippen molar-refractivity contribution in [3.05, 3.63) is 124 Å². The second kappa shape index (κ2) is 6.45. The molecule has 0 radical (unpaired) electrons. The van der Waals surface area contributed by atoms with Crippen LogP contribution in [0, 0.1) is 0 Å². The zero-order valence-electron chi connectivity index (χ0n) is 19.6. The number of para-hydroxylation sites is 2. The van der Waals surface area contributed by atoms with Crippen LogP contribution in [-0.2, 0) is 0 Å². The Morgan fingerprint density at radius 1 is 0.459 bits per heavy atom. The molecule has 0 bridgehead atoms. The summed E-state index contributed by atoms with van der Waals surface area (Å²) in [5.74, 6) is 0. The van der Waals surface area contributed by atoms with E-state index >= 15 is 0 Å². The van der Waals surface area contributed by atoms with E-state index in [2.05, 4.69) is 18.2 Å². The highest BCUT2D eigenvalue weighted by Gasteiger charge is 2.40. The number of pyridine rings is 2. The summed E-state index contributed by atoms with van der Waals surface area (Å²) in [6, 6.07) is 34.4. The van der Waals surface area contributed by atoms with Gasteiger partial charge in [0.15, 0.2) is 0 Å². The third-order valence-electron chi connectivity index (χ3n) is 8.32. The fourth-order valence-corrected chi connectivity index (χ4v) is 6.91. The molecule has 2 aliphatic heterocycles. The Kier molecular flexibility index (Phi) is 3.37. The number of nitrogens with zero attached hydrogens (tertiary/aromatic N) is 2. The minimum absolute atomic E-state index is 0.0295. The van der Waals surface area contributed by atoms with Crippen molar-refractivity contribution in [3.8, 4) is 11.4 Å². The maximum absolute atomic E-state index is 14.1. The number of aromatic nitrogens is 2. The topological polar surface area (TPSA) is 44.0 Å². The second-order valence-electron chi connectivity index (χ2n) is 10.0. The standard InChI is InChI=1S/C32H17BN2O2/c36-31-20-11-3-1-9-18(20)22-17-23-19-10-2-4-12-21(19)32(37)35-27-16-8-6-14-25(27)33-24-13-5-7-15-26(24)34(31)29(22)28(33)30(23)35/h1-17H. The van der Waals surface area contributed by atoms with Crippen LogP contribution in [0.5, 0.6) is 0 Å². The highest BCUT2D eigenvalue weighted by molar-refractivity contribution is 7.00. The fourth-order valence-electron chi connectivity index (χ4n) is 6.91. The molecule has 5 aromatic carbocycles. The van der Waals surface area contributed by atoms with E-state index in [9.17, 15) is 9.59 Å². The molecular formula is C32H17BN2O2. The van der Waals surface area contributed by atoms with Crippen molar-refractivity contribution >= 4 is 66.5 Å². The number of rotatable bonds is 0. The maximum Gasteiger partial charge on any atom is 0.263 e. The molecule has 0 aliphatic carbocycles. The van der Waals surface area contributed by atoms with Crippen molar-refractivity contribution in [2.45, 2.75) is 0 Å². The first-order valence-corrected chi connectivity index (χ1v) is 12.5. The normalized spacial score (nSPS) is 13.0. The number of hydrogen-bond donors (Lipinski definition) is 0. The van der Waals surface area contributed by atoms with Crippen LogP contribution >= 0.6 is 0 Å². The summed E-state index contributed by atoms with van der Waals surface area (Å²) in [4.78, 5) is 28.2. The maximum atomic E-state index is 14.1. The van der Waals surface area contributed by atoms with E-state index < -0.39 is 0 Å². The quantitative estimate of drug-likeness (QED) is 0.192. The zero-order chi connectivity index (χ0) is 24.4. The monoisotopic (exact) mass is 472 g/mol. The first-order valence-electron chi connectivity index (χ1n) is 12.5. The van der Waals surface area contributed by atoms with E-state index in [0.717, 1.165) is 60.3 Å². The molecule has 0 saturated carbocycles. The summed E-state index contributed by atoms with van der Waals surface area (Å²) in [5.41, 5.74) is 6.77. The Labute approximate surface area is 210 Å². The molecule has 0 fully saturated rings. The highest BCUT2D eigenvalue weighted by Crippen LogP contribution is 2.35. The summed E-state index contributed by atoms with van der Waals surface area (Å²) < 4.78 is 3.77. The molecular weight excluding hydrogens is 455 g/mol. The SMILES string of the molecule is O=c1c2ccccc2c2cc3c4ccccc4c(=O)n4c3c3c2n1-c1ccccc1B3c1ccccc1-4. The van der Waals surface area contributed by atoms with Crippen LogP contribution < -0.4 is 27.5 Å². The molecule has 4 nitrogen and oxygen atoms in total. The summed E-state index contributed by atoms with van der Waals surface area (Å²) in [7, 11) is 0. The van der Waals surface area contributed by atoms with Gasteiger partial charge in [0.1, 0.15) is 0 Å². The smallest absolute Gasteiger partial charge is 0.263 e. The van der Waals surface area contributed by atoms with Crippen molar-refractivity contribution in [3.63, 3.8) is 0 Å². The van der Waals surface area contributed by atoms with Crippen LogP contribution in [0.25, 0.3) is 54.7 Å². The molecule has 2 aromatic heterocycles. The molecule has 9 rings (SSSR count). The third-order valence-corrected chi connectivity index (χ3v) is 8.32. The lowest BCUT2D eigenvalue weighted by atomic mass is 9.34. The van der Waals surface area contributed by atoms with Gasteiger partial charge < -0.3 is 0 Å². The van der Waals surface area contributed by atoms with E-state index in [1.54, 1.807) is 0 Å². The summed E-state index contributed by atoms with van der Waals surface area (Å²) in [6.07, 6.45) is 0. The van der Waals surface area contributed by atoms with Crippen LogP contribution in [-0.4, -0.2) is 15.8 Å². The van der Waals surface area contributed by atoms with E-state index in [4.69, 9.17) is 0 Å². The average molecular weight is 472 g/mol. The van der Waals surface area contributed by atoms with Gasteiger partial charge in [0, 0.05) is 32.9 Å². The Bertz CT molecular complexity index is 2150. The lowest BCUT2D eigenvalue weighted by molar-refractivity contribution is 1.05. The average Bonchev–Trinajstić information content (AvgIpc) is 2.96. The first-order chi connectivity index (χ1) is 18.2. The van der Waals surface area contributed by atoms with Crippen LogP contribution in [0.3, 0.4) is 0 Å². The largest absolute Gasteiger partial charge is 0.277 e. The number of hydrogen-bond acceptors (Lipinski definition) is 2. The molecule has 0 spiro atoms. The van der Waals surface area contributed by atoms with Crippen LogP contribution in [0.4, 0.5) is 0 Å². The second-order valence-corrected chi connectivity index (χ2v) is 10.0. The van der Waals surface area contributed by atoms with Gasteiger partial charge in [-0.15, -0.1) is 0 Å². The summed E-state index contributed by atoms with van der Waals surface area (Å²) >= 11 is 0. The fraction of sp³-hybridized carbons (Fsp3) is 0. The molecule has 170 valence electrons. The third kappa shape index (κ3) is 2.13. The Morgan fingerprint density at radius 2 is 0.865 bits per heavy atom. The zero-order valence-corrected chi connectivity index (χ0v) is 19.6. The van der Waals surface area contributed by atoms with Crippen LogP contribution in [0.2, 0.25) is 0 Å². The van der Waals surface area contributed by atoms with Crippen molar-refractivity contribution in [1.29, 1.82) is 0 Å². The Hall–Kier alpha value is -4.90. The van der Waals surface area contributed by atoms with Gasteiger partial charge in [-0.05, 0) is 57.5 Å². The molecule has 0 N–H and O–H groups in total. The molecule has 37 heavy (non-hydrogen) atoms. The van der Waals surface area contributed by atoms with Crippen molar-refractivity contribution in [2.75, 3.05) is 0 Å². The van der Waals surface area contributed by atoms with Gasteiger partial charge in [0.05, 0.1) is 11.0 Å². The van der Waals surface area contributed by atoms with Gasteiger partial charge in [-0.25, -0.2) is 0 Å². The summed E-state index contributed by atoms with van der Waals surface area (Å²) in [5, 5.41) is 5.34. The predicted molar refractivity (Wildman–Crippen MR) is 152 cm³/mol. The minimum atomic E-state index is -0.0836. The highest BCUT2D eigenvalue weighted by atomic mass is 16.1. The number of fused-ring (bicyclic) bond motifs is 10. The molecule has 0 saturated heterocycles. The van der Waals surface area contributed by atoms with Gasteiger partial charge >= 0.3 is 0 Å². The Balaban J connectivity index is 1.72. The lowest BCUT2D eigenvalue weighted by Gasteiger charge is -2.35. The molecule has 2 aliphatic rings. The first kappa shape index (κ1) is 19.3. The van der Waals surface area contributed by atoms with Gasteiger partial charge in [-0.3, -0.25) is 18.7 Å². The van der Waals surface area contributed by atoms with Crippen LogP contribution in [0.1, 0.15) is 0 Å². The van der Waals surface area contributed by atoms with E-state index in [1.807, 2.05) is 94.1 Å². The predicted octanol–water partition coefficient (Wildman–Crippen LogP) is 3.74. The molecule has 0 amide bonds. The molecule has 5 heteroatoms. The van der Waals surface area contributed by atoms with E-state index in [-0.39, 0.29) is 17.8 Å². The van der Waals surface area contributed by atoms with Crippen LogP contribution in [0.15, 0.2) is 113 Å². The molecule has 4 heterocycles. The lowest BCUT2D eigenvalue weighted by Crippen LogP contribution is -2.61. The van der Waals surface area contributed by atoms with Crippen molar-refractivity contribution in [2.24, 2.45) is 0 Å². The van der Waals surface area contributed by atoms with Crippen molar-refractivity contribution in [1.82, 2.24) is 9.13 Å². The van der Waals surface area contributed by atoms with Crippen molar-refractivity contribution < 1.29 is 0 Å². The van der Waals surface area contributed by atoms with Gasteiger partial charge in [0.25, 0.3) is 17.8 Å². The Morgan fingerprint density at radius 3 is 1.35 bits per heavy atom. The van der Waals surface area contributed by atoms with E-state index in [1.165, 1.54) is 0 Å². The molecule has 0 unspecified atom stereocenters.